The van der Waals surface area contributed by atoms with Crippen LogP contribution in [-0.4, -0.2) is 24.5 Å². The van der Waals surface area contributed by atoms with Crippen LogP contribution in [0, 0.1) is 11.8 Å². The van der Waals surface area contributed by atoms with Crippen molar-refractivity contribution < 1.29 is 14.3 Å². The average Bonchev–Trinajstić information content (AvgIpc) is 2.77. The maximum Gasteiger partial charge on any atom is 0.306 e. The van der Waals surface area contributed by atoms with Gasteiger partial charge in [-0.05, 0) is 18.4 Å². The molecular weight excluding hydrogens is 266 g/mol. The summed E-state index contributed by atoms with van der Waals surface area (Å²) in [6.45, 7) is 6.30. The SMILES string of the molecule is CCOC(=O)C[C@@H]1[C@H](c2ccccc2)C(=O)N[C@H]1C(C)C. The lowest BCUT2D eigenvalue weighted by molar-refractivity contribution is -0.144. The highest BCUT2D eigenvalue weighted by molar-refractivity contribution is 5.88. The highest BCUT2D eigenvalue weighted by atomic mass is 16.5. The summed E-state index contributed by atoms with van der Waals surface area (Å²) in [6, 6.07) is 9.68. The van der Waals surface area contributed by atoms with E-state index in [1.54, 1.807) is 6.92 Å². The number of nitrogens with one attached hydrogen (secondary N) is 1. The summed E-state index contributed by atoms with van der Waals surface area (Å²) in [5.74, 6) is -0.274. The molecule has 1 aromatic rings. The predicted octanol–water partition coefficient (Wildman–Crippen LogP) is 2.49. The van der Waals surface area contributed by atoms with Gasteiger partial charge in [0.25, 0.3) is 0 Å². The highest BCUT2D eigenvalue weighted by Crippen LogP contribution is 2.38. The molecule has 0 aliphatic carbocycles. The van der Waals surface area contributed by atoms with Gasteiger partial charge in [0.2, 0.25) is 5.91 Å². The molecule has 0 aromatic heterocycles. The number of amides is 1. The van der Waals surface area contributed by atoms with Crippen LogP contribution in [0.15, 0.2) is 30.3 Å². The van der Waals surface area contributed by atoms with Gasteiger partial charge in [0, 0.05) is 12.0 Å². The van der Waals surface area contributed by atoms with Crippen LogP contribution in [0.2, 0.25) is 0 Å². The first-order valence-electron chi connectivity index (χ1n) is 7.55. The number of carbonyl (C=O) groups excluding carboxylic acids is 2. The lowest BCUT2D eigenvalue weighted by atomic mass is 9.79. The smallest absolute Gasteiger partial charge is 0.306 e. The van der Waals surface area contributed by atoms with E-state index in [0.717, 1.165) is 5.56 Å². The van der Waals surface area contributed by atoms with Crippen LogP contribution in [0.3, 0.4) is 0 Å². The van der Waals surface area contributed by atoms with Crippen LogP contribution in [0.1, 0.15) is 38.7 Å². The summed E-state index contributed by atoms with van der Waals surface area (Å²) >= 11 is 0. The van der Waals surface area contributed by atoms with Crippen molar-refractivity contribution in [3.8, 4) is 0 Å². The van der Waals surface area contributed by atoms with E-state index in [1.165, 1.54) is 0 Å². The van der Waals surface area contributed by atoms with E-state index < -0.39 is 0 Å². The van der Waals surface area contributed by atoms with Crippen LogP contribution >= 0.6 is 0 Å². The molecule has 0 bridgehead atoms. The maximum atomic E-state index is 12.4. The first kappa shape index (κ1) is 15.5. The molecule has 1 amide bonds. The molecule has 1 aliphatic rings. The molecule has 3 atom stereocenters. The Morgan fingerprint density at radius 2 is 1.95 bits per heavy atom. The summed E-state index contributed by atoms with van der Waals surface area (Å²) in [7, 11) is 0. The van der Waals surface area contributed by atoms with Crippen LogP contribution in [0.4, 0.5) is 0 Å². The second-order valence-electron chi connectivity index (χ2n) is 5.84. The molecule has 0 saturated carbocycles. The molecule has 1 fully saturated rings. The quantitative estimate of drug-likeness (QED) is 0.847. The van der Waals surface area contributed by atoms with E-state index in [4.69, 9.17) is 4.74 Å². The van der Waals surface area contributed by atoms with Gasteiger partial charge in [-0.2, -0.15) is 0 Å². The third-order valence-electron chi connectivity index (χ3n) is 4.07. The third-order valence-corrected chi connectivity index (χ3v) is 4.07. The van der Waals surface area contributed by atoms with Gasteiger partial charge in [-0.15, -0.1) is 0 Å². The number of ether oxygens (including phenoxy) is 1. The van der Waals surface area contributed by atoms with Crippen molar-refractivity contribution >= 4 is 11.9 Å². The zero-order valence-electron chi connectivity index (χ0n) is 12.8. The second-order valence-corrected chi connectivity index (χ2v) is 5.84. The average molecular weight is 289 g/mol. The summed E-state index contributed by atoms with van der Waals surface area (Å²) in [5, 5.41) is 3.05. The molecule has 1 aliphatic heterocycles. The third kappa shape index (κ3) is 3.43. The van der Waals surface area contributed by atoms with Crippen molar-refractivity contribution in [2.45, 2.75) is 39.2 Å². The fraction of sp³-hybridized carbons (Fsp3) is 0.529. The number of hydrogen-bond donors (Lipinski definition) is 1. The Hall–Kier alpha value is -1.84. The molecule has 21 heavy (non-hydrogen) atoms. The highest BCUT2D eigenvalue weighted by Gasteiger charge is 2.45. The summed E-state index contributed by atoms with van der Waals surface area (Å²) in [6.07, 6.45) is 0.273. The lowest BCUT2D eigenvalue weighted by Gasteiger charge is -2.24. The van der Waals surface area contributed by atoms with E-state index in [1.807, 2.05) is 30.3 Å². The minimum Gasteiger partial charge on any atom is -0.466 e. The standard InChI is InChI=1S/C17H23NO3/c1-4-21-14(19)10-13-15(12-8-6-5-7-9-12)17(20)18-16(13)11(2)3/h5-9,11,13,15-16H,4,10H2,1-3H3,(H,18,20)/t13-,15+,16+/m1/s1. The molecule has 0 spiro atoms. The van der Waals surface area contributed by atoms with Crippen molar-refractivity contribution in [3.05, 3.63) is 35.9 Å². The number of benzene rings is 1. The lowest BCUT2D eigenvalue weighted by Crippen LogP contribution is -2.35. The summed E-state index contributed by atoms with van der Waals surface area (Å²) in [4.78, 5) is 24.3. The summed E-state index contributed by atoms with van der Waals surface area (Å²) in [5.41, 5.74) is 0.965. The van der Waals surface area contributed by atoms with Crippen molar-refractivity contribution in [2.75, 3.05) is 6.61 Å². The Morgan fingerprint density at radius 1 is 1.29 bits per heavy atom. The zero-order valence-corrected chi connectivity index (χ0v) is 12.8. The molecule has 4 nitrogen and oxygen atoms in total. The Bertz CT molecular complexity index is 498. The van der Waals surface area contributed by atoms with E-state index in [-0.39, 0.29) is 42.1 Å². The Morgan fingerprint density at radius 3 is 2.52 bits per heavy atom. The first-order valence-corrected chi connectivity index (χ1v) is 7.55. The molecule has 4 heteroatoms. The van der Waals surface area contributed by atoms with E-state index >= 15 is 0 Å². The molecule has 0 unspecified atom stereocenters. The van der Waals surface area contributed by atoms with Gasteiger partial charge >= 0.3 is 5.97 Å². The summed E-state index contributed by atoms with van der Waals surface area (Å²) < 4.78 is 5.07. The fourth-order valence-electron chi connectivity index (χ4n) is 3.14. The van der Waals surface area contributed by atoms with E-state index in [9.17, 15) is 9.59 Å². The van der Waals surface area contributed by atoms with E-state index in [2.05, 4.69) is 19.2 Å². The number of carbonyl (C=O) groups is 2. The van der Waals surface area contributed by atoms with Crippen LogP contribution in [0.5, 0.6) is 0 Å². The van der Waals surface area contributed by atoms with Gasteiger partial charge in [0.05, 0.1) is 18.9 Å². The fourth-order valence-corrected chi connectivity index (χ4v) is 3.14. The normalized spacial score (nSPS) is 25.0. The maximum absolute atomic E-state index is 12.4. The molecule has 1 N–H and O–H groups in total. The second kappa shape index (κ2) is 6.74. The molecule has 1 aromatic carbocycles. The van der Waals surface area contributed by atoms with Crippen molar-refractivity contribution in [1.29, 1.82) is 0 Å². The molecule has 1 heterocycles. The Labute approximate surface area is 125 Å². The monoisotopic (exact) mass is 289 g/mol. The van der Waals surface area contributed by atoms with Gasteiger partial charge in [0.1, 0.15) is 0 Å². The van der Waals surface area contributed by atoms with Crippen LogP contribution < -0.4 is 5.32 Å². The van der Waals surface area contributed by atoms with Crippen molar-refractivity contribution in [2.24, 2.45) is 11.8 Å². The Kier molecular flexibility index (Phi) is 4.99. The molecule has 114 valence electrons. The molecular formula is C17H23NO3. The van der Waals surface area contributed by atoms with E-state index in [0.29, 0.717) is 6.61 Å². The minimum absolute atomic E-state index is 0.00659. The number of hydrogen-bond acceptors (Lipinski definition) is 3. The number of esters is 1. The molecule has 1 saturated heterocycles. The van der Waals surface area contributed by atoms with Crippen molar-refractivity contribution in [3.63, 3.8) is 0 Å². The molecule has 0 radical (unpaired) electrons. The van der Waals surface area contributed by atoms with Gasteiger partial charge in [-0.1, -0.05) is 44.2 Å². The van der Waals surface area contributed by atoms with Crippen LogP contribution in [-0.2, 0) is 14.3 Å². The van der Waals surface area contributed by atoms with Gasteiger partial charge in [-0.25, -0.2) is 0 Å². The predicted molar refractivity (Wildman–Crippen MR) is 80.7 cm³/mol. The minimum atomic E-state index is -0.275. The largest absolute Gasteiger partial charge is 0.466 e. The van der Waals surface area contributed by atoms with Gasteiger partial charge in [0.15, 0.2) is 0 Å². The van der Waals surface area contributed by atoms with Crippen molar-refractivity contribution in [1.82, 2.24) is 5.32 Å². The zero-order chi connectivity index (χ0) is 15.4. The Balaban J connectivity index is 2.27. The first-order chi connectivity index (χ1) is 10.0. The molecule has 2 rings (SSSR count). The topological polar surface area (TPSA) is 55.4 Å². The van der Waals surface area contributed by atoms with Crippen LogP contribution in [0.25, 0.3) is 0 Å². The number of rotatable bonds is 5. The van der Waals surface area contributed by atoms with Gasteiger partial charge < -0.3 is 10.1 Å². The van der Waals surface area contributed by atoms with Gasteiger partial charge in [-0.3, -0.25) is 9.59 Å².